The summed E-state index contributed by atoms with van der Waals surface area (Å²) in [5, 5.41) is 8.13. The predicted molar refractivity (Wildman–Crippen MR) is 58.5 cm³/mol. The molecule has 0 radical (unpaired) electrons. The fourth-order valence-corrected chi connectivity index (χ4v) is 1.42. The van der Waals surface area contributed by atoms with Crippen molar-refractivity contribution < 1.29 is 4.52 Å². The van der Waals surface area contributed by atoms with Gasteiger partial charge in [-0.2, -0.15) is 10.1 Å². The molecule has 0 amide bonds. The van der Waals surface area contributed by atoms with Gasteiger partial charge >= 0.3 is 0 Å². The van der Waals surface area contributed by atoms with Crippen molar-refractivity contribution in [3.05, 3.63) is 17.6 Å². The van der Waals surface area contributed by atoms with E-state index in [1.54, 1.807) is 4.68 Å². The molecule has 1 unspecified atom stereocenters. The van der Waals surface area contributed by atoms with Crippen LogP contribution in [0.15, 0.2) is 10.6 Å². The topological polar surface area (TPSA) is 82.8 Å². The molecule has 2 aromatic heterocycles. The summed E-state index contributed by atoms with van der Waals surface area (Å²) >= 11 is 0. The number of hydrogen-bond acceptors (Lipinski definition) is 5. The van der Waals surface area contributed by atoms with Crippen molar-refractivity contribution in [2.45, 2.75) is 26.3 Å². The molecule has 0 saturated carbocycles. The lowest BCUT2D eigenvalue weighted by molar-refractivity contribution is 0.415. The first-order chi connectivity index (χ1) is 7.61. The maximum Gasteiger partial charge on any atom is 0.276 e. The Morgan fingerprint density at radius 3 is 2.81 bits per heavy atom. The van der Waals surface area contributed by atoms with Crippen molar-refractivity contribution >= 4 is 0 Å². The maximum absolute atomic E-state index is 5.67. The fourth-order valence-electron chi connectivity index (χ4n) is 1.42. The zero-order chi connectivity index (χ0) is 11.7. The summed E-state index contributed by atoms with van der Waals surface area (Å²) in [6.07, 6.45) is 0.877. The van der Waals surface area contributed by atoms with Crippen LogP contribution >= 0.6 is 0 Å². The van der Waals surface area contributed by atoms with Gasteiger partial charge < -0.3 is 10.3 Å². The zero-order valence-electron chi connectivity index (χ0n) is 9.64. The number of aromatic nitrogens is 4. The quantitative estimate of drug-likeness (QED) is 0.837. The van der Waals surface area contributed by atoms with E-state index in [9.17, 15) is 0 Å². The Hall–Kier alpha value is -1.69. The van der Waals surface area contributed by atoms with Crippen LogP contribution in [0.25, 0.3) is 11.6 Å². The van der Waals surface area contributed by atoms with Crippen LogP contribution in [0.4, 0.5) is 0 Å². The van der Waals surface area contributed by atoms with E-state index >= 15 is 0 Å². The molecule has 2 N–H and O–H groups in total. The molecule has 86 valence electrons. The van der Waals surface area contributed by atoms with Gasteiger partial charge in [0.25, 0.3) is 5.89 Å². The Balaban J connectivity index is 2.38. The number of nitrogens with zero attached hydrogens (tertiary/aromatic N) is 4. The summed E-state index contributed by atoms with van der Waals surface area (Å²) in [5.41, 5.74) is 7.48. The summed E-state index contributed by atoms with van der Waals surface area (Å²) in [6.45, 7) is 3.86. The Morgan fingerprint density at radius 1 is 1.56 bits per heavy atom. The molecule has 0 aliphatic rings. The monoisotopic (exact) mass is 221 g/mol. The summed E-state index contributed by atoms with van der Waals surface area (Å²) in [5.74, 6) is 0.969. The highest BCUT2D eigenvalue weighted by molar-refractivity contribution is 5.47. The summed E-state index contributed by atoms with van der Waals surface area (Å²) < 4.78 is 6.88. The molecule has 0 aromatic carbocycles. The predicted octanol–water partition coefficient (Wildman–Crippen LogP) is 1.05. The first kappa shape index (κ1) is 10.8. The molecule has 0 aliphatic carbocycles. The smallest absolute Gasteiger partial charge is 0.276 e. The second-order valence-corrected chi connectivity index (χ2v) is 3.74. The van der Waals surface area contributed by atoms with E-state index in [0.717, 1.165) is 17.8 Å². The molecular formula is C10H15N5O. The molecule has 0 fully saturated rings. The molecule has 0 spiro atoms. The standard InChI is InChI=1S/C10H15N5O/c1-4-7-5-8(15(3)13-7)10-12-9(6(2)11)14-16-10/h5-6H,4,11H2,1-3H3. The van der Waals surface area contributed by atoms with Crippen LogP contribution in [0.3, 0.4) is 0 Å². The number of rotatable bonds is 3. The van der Waals surface area contributed by atoms with E-state index in [2.05, 4.69) is 15.2 Å². The lowest BCUT2D eigenvalue weighted by Crippen LogP contribution is -2.06. The van der Waals surface area contributed by atoms with E-state index in [-0.39, 0.29) is 6.04 Å². The Kier molecular flexibility index (Phi) is 2.74. The summed E-state index contributed by atoms with van der Waals surface area (Å²) in [4.78, 5) is 4.22. The molecule has 0 saturated heterocycles. The van der Waals surface area contributed by atoms with Crippen LogP contribution in [0.2, 0.25) is 0 Å². The van der Waals surface area contributed by atoms with E-state index in [1.165, 1.54) is 0 Å². The molecule has 6 heteroatoms. The van der Waals surface area contributed by atoms with Crippen LogP contribution < -0.4 is 5.73 Å². The van der Waals surface area contributed by atoms with Crippen molar-refractivity contribution in [1.29, 1.82) is 0 Å². The average molecular weight is 221 g/mol. The van der Waals surface area contributed by atoms with Crippen molar-refractivity contribution in [3.63, 3.8) is 0 Å². The number of hydrogen-bond donors (Lipinski definition) is 1. The summed E-state index contributed by atoms with van der Waals surface area (Å²) in [7, 11) is 1.85. The van der Waals surface area contributed by atoms with Crippen molar-refractivity contribution in [3.8, 4) is 11.6 Å². The third kappa shape index (κ3) is 1.83. The van der Waals surface area contributed by atoms with Crippen molar-refractivity contribution in [1.82, 2.24) is 19.9 Å². The first-order valence-corrected chi connectivity index (χ1v) is 5.24. The van der Waals surface area contributed by atoms with Gasteiger partial charge in [-0.25, -0.2) is 0 Å². The van der Waals surface area contributed by atoms with Crippen LogP contribution in [-0.4, -0.2) is 19.9 Å². The van der Waals surface area contributed by atoms with Gasteiger partial charge in [-0.3, -0.25) is 4.68 Å². The molecule has 6 nitrogen and oxygen atoms in total. The van der Waals surface area contributed by atoms with Gasteiger partial charge in [0.2, 0.25) is 0 Å². The van der Waals surface area contributed by atoms with Crippen LogP contribution in [0.5, 0.6) is 0 Å². The number of aryl methyl sites for hydroxylation is 2. The molecule has 1 atom stereocenters. The highest BCUT2D eigenvalue weighted by Crippen LogP contribution is 2.19. The molecule has 2 aromatic rings. The molecule has 0 aliphatic heterocycles. The lowest BCUT2D eigenvalue weighted by atomic mass is 10.3. The minimum Gasteiger partial charge on any atom is -0.332 e. The normalized spacial score (nSPS) is 13.0. The molecule has 2 rings (SSSR count). The largest absolute Gasteiger partial charge is 0.332 e. The lowest BCUT2D eigenvalue weighted by Gasteiger charge is -1.94. The minimum absolute atomic E-state index is 0.226. The second kappa shape index (κ2) is 4.05. The van der Waals surface area contributed by atoms with Gasteiger partial charge in [0.15, 0.2) is 5.82 Å². The van der Waals surface area contributed by atoms with Crippen LogP contribution in [0.1, 0.15) is 31.4 Å². The van der Waals surface area contributed by atoms with Crippen LogP contribution in [0, 0.1) is 0 Å². The van der Waals surface area contributed by atoms with E-state index in [0.29, 0.717) is 11.7 Å². The van der Waals surface area contributed by atoms with Crippen LogP contribution in [-0.2, 0) is 13.5 Å². The Bertz CT molecular complexity index is 485. The van der Waals surface area contributed by atoms with E-state index in [4.69, 9.17) is 10.3 Å². The fraction of sp³-hybridized carbons (Fsp3) is 0.500. The third-order valence-electron chi connectivity index (χ3n) is 2.36. The Morgan fingerprint density at radius 2 is 2.31 bits per heavy atom. The van der Waals surface area contributed by atoms with Gasteiger partial charge in [-0.1, -0.05) is 12.1 Å². The van der Waals surface area contributed by atoms with Gasteiger partial charge in [0.1, 0.15) is 5.69 Å². The molecular weight excluding hydrogens is 206 g/mol. The first-order valence-electron chi connectivity index (χ1n) is 5.24. The van der Waals surface area contributed by atoms with Gasteiger partial charge in [-0.05, 0) is 19.4 Å². The van der Waals surface area contributed by atoms with E-state index < -0.39 is 0 Å². The van der Waals surface area contributed by atoms with Gasteiger partial charge in [0.05, 0.1) is 11.7 Å². The average Bonchev–Trinajstić information content (AvgIpc) is 2.83. The summed E-state index contributed by atoms with van der Waals surface area (Å²) in [6, 6.07) is 1.72. The highest BCUT2D eigenvalue weighted by Gasteiger charge is 2.15. The van der Waals surface area contributed by atoms with E-state index in [1.807, 2.05) is 27.0 Å². The number of nitrogens with two attached hydrogens (primary N) is 1. The molecule has 16 heavy (non-hydrogen) atoms. The third-order valence-corrected chi connectivity index (χ3v) is 2.36. The van der Waals surface area contributed by atoms with Crippen molar-refractivity contribution in [2.24, 2.45) is 12.8 Å². The minimum atomic E-state index is -0.226. The Labute approximate surface area is 93.4 Å². The molecule has 0 bridgehead atoms. The highest BCUT2D eigenvalue weighted by atomic mass is 16.5. The zero-order valence-corrected chi connectivity index (χ0v) is 9.64. The molecule has 2 heterocycles. The SMILES string of the molecule is CCc1cc(-c2nc(C(C)N)no2)n(C)n1. The second-order valence-electron chi connectivity index (χ2n) is 3.74. The van der Waals surface area contributed by atoms with Gasteiger partial charge in [0, 0.05) is 7.05 Å². The van der Waals surface area contributed by atoms with Crippen molar-refractivity contribution in [2.75, 3.05) is 0 Å². The van der Waals surface area contributed by atoms with Gasteiger partial charge in [-0.15, -0.1) is 0 Å². The maximum atomic E-state index is 5.67.